The zero-order chi connectivity index (χ0) is 12.3. The van der Waals surface area contributed by atoms with Gasteiger partial charge in [0.25, 0.3) is 0 Å². The van der Waals surface area contributed by atoms with Crippen LogP contribution in [0, 0.1) is 0 Å². The van der Waals surface area contributed by atoms with Gasteiger partial charge in [-0.25, -0.2) is 0 Å². The number of para-hydroxylation sites is 1. The van der Waals surface area contributed by atoms with Crippen LogP contribution in [0.1, 0.15) is 18.1 Å². The topological polar surface area (TPSA) is 53.4 Å². The van der Waals surface area contributed by atoms with E-state index in [9.17, 15) is 10.2 Å². The lowest BCUT2D eigenvalue weighted by atomic mass is 10.0. The molecule has 0 saturated heterocycles. The maximum Gasteiger partial charge on any atom is 0.106 e. The molecule has 1 heterocycles. The van der Waals surface area contributed by atoms with Crippen molar-refractivity contribution in [2.75, 3.05) is 5.75 Å². The molecule has 2 unspecified atom stereocenters. The Bertz CT molecular complexity index is 503. The van der Waals surface area contributed by atoms with Crippen LogP contribution >= 0.6 is 12.6 Å². The van der Waals surface area contributed by atoms with Crippen LogP contribution in [0.3, 0.4) is 0 Å². The smallest absolute Gasteiger partial charge is 0.106 e. The fourth-order valence-corrected chi connectivity index (χ4v) is 2.03. The Hall–Kier alpha value is -1.10. The van der Waals surface area contributed by atoms with Crippen molar-refractivity contribution in [3.8, 4) is 0 Å². The molecule has 0 bridgehead atoms. The van der Waals surface area contributed by atoms with Gasteiger partial charge < -0.3 is 10.2 Å². The Morgan fingerprint density at radius 1 is 1.24 bits per heavy atom. The second kappa shape index (κ2) is 5.49. The van der Waals surface area contributed by atoms with Gasteiger partial charge in [0, 0.05) is 17.1 Å². The van der Waals surface area contributed by atoms with E-state index in [4.69, 9.17) is 0 Å². The molecule has 0 spiro atoms. The van der Waals surface area contributed by atoms with Gasteiger partial charge in [-0.2, -0.15) is 12.6 Å². The molecular weight excluding hydrogens is 234 g/mol. The second-order valence-electron chi connectivity index (χ2n) is 3.99. The molecule has 3 nitrogen and oxygen atoms in total. The lowest BCUT2D eigenvalue weighted by molar-refractivity contribution is 0.0171. The number of aliphatic hydroxyl groups excluding tert-OH is 2. The molecule has 1 aromatic carbocycles. The van der Waals surface area contributed by atoms with Gasteiger partial charge in [0.1, 0.15) is 6.10 Å². The van der Waals surface area contributed by atoms with Gasteiger partial charge in [-0.05, 0) is 24.3 Å². The van der Waals surface area contributed by atoms with Crippen LogP contribution in [0.4, 0.5) is 0 Å². The molecular formula is C13H15NO2S. The van der Waals surface area contributed by atoms with Gasteiger partial charge in [0.05, 0.1) is 11.6 Å². The highest BCUT2D eigenvalue weighted by Gasteiger charge is 2.18. The number of hydrogen-bond acceptors (Lipinski definition) is 4. The third-order valence-electron chi connectivity index (χ3n) is 2.74. The summed E-state index contributed by atoms with van der Waals surface area (Å²) in [6.45, 7) is 0. The average molecular weight is 249 g/mol. The molecule has 0 radical (unpaired) electrons. The minimum absolute atomic E-state index is 0.455. The number of rotatable bonds is 4. The highest BCUT2D eigenvalue weighted by molar-refractivity contribution is 7.80. The molecule has 4 heteroatoms. The van der Waals surface area contributed by atoms with E-state index >= 15 is 0 Å². The first kappa shape index (κ1) is 12.4. The van der Waals surface area contributed by atoms with Crippen molar-refractivity contribution in [1.29, 1.82) is 0 Å². The Morgan fingerprint density at radius 2 is 2.00 bits per heavy atom. The molecule has 0 fully saturated rings. The monoisotopic (exact) mass is 249 g/mol. The normalized spacial score (nSPS) is 14.8. The number of aliphatic hydroxyl groups is 2. The molecule has 2 rings (SSSR count). The summed E-state index contributed by atoms with van der Waals surface area (Å²) in [6, 6.07) is 9.54. The Morgan fingerprint density at radius 3 is 2.76 bits per heavy atom. The van der Waals surface area contributed by atoms with E-state index in [1.165, 1.54) is 0 Å². The summed E-state index contributed by atoms with van der Waals surface area (Å²) in [5.41, 5.74) is 1.52. The van der Waals surface area contributed by atoms with Crippen LogP contribution in [-0.4, -0.2) is 27.1 Å². The Labute approximate surface area is 106 Å². The summed E-state index contributed by atoms with van der Waals surface area (Å²) < 4.78 is 0. The SMILES string of the molecule is OC(CCS)C(O)c1cnc2ccccc2c1. The number of fused-ring (bicyclic) bond motifs is 1. The first-order valence-electron chi connectivity index (χ1n) is 5.54. The fourth-order valence-electron chi connectivity index (χ4n) is 1.76. The van der Waals surface area contributed by atoms with Crippen LogP contribution < -0.4 is 0 Å². The van der Waals surface area contributed by atoms with Gasteiger partial charge in [-0.3, -0.25) is 4.98 Å². The minimum Gasteiger partial charge on any atom is -0.390 e. The van der Waals surface area contributed by atoms with Crippen molar-refractivity contribution >= 4 is 23.5 Å². The van der Waals surface area contributed by atoms with Crippen molar-refractivity contribution in [3.63, 3.8) is 0 Å². The molecule has 0 amide bonds. The lowest BCUT2D eigenvalue weighted by Crippen LogP contribution is -2.18. The van der Waals surface area contributed by atoms with E-state index in [-0.39, 0.29) is 0 Å². The van der Waals surface area contributed by atoms with Crippen molar-refractivity contribution in [3.05, 3.63) is 42.1 Å². The molecule has 0 aliphatic rings. The standard InChI is InChI=1S/C13H15NO2S/c15-12(5-6-17)13(16)10-7-9-3-1-2-4-11(9)14-8-10/h1-4,7-8,12-13,15-17H,5-6H2. The van der Waals surface area contributed by atoms with Crippen LogP contribution in [0.5, 0.6) is 0 Å². The summed E-state index contributed by atoms with van der Waals surface area (Å²) >= 11 is 4.04. The number of aromatic nitrogens is 1. The molecule has 0 saturated carbocycles. The first-order valence-corrected chi connectivity index (χ1v) is 6.17. The van der Waals surface area contributed by atoms with E-state index in [1.807, 2.05) is 30.3 Å². The number of pyridine rings is 1. The largest absolute Gasteiger partial charge is 0.390 e. The number of benzene rings is 1. The highest BCUT2D eigenvalue weighted by atomic mass is 32.1. The summed E-state index contributed by atoms with van der Waals surface area (Å²) in [4.78, 5) is 4.25. The van der Waals surface area contributed by atoms with Crippen LogP contribution in [0.2, 0.25) is 0 Å². The zero-order valence-electron chi connectivity index (χ0n) is 9.32. The van der Waals surface area contributed by atoms with E-state index in [2.05, 4.69) is 17.6 Å². The van der Waals surface area contributed by atoms with Crippen molar-refractivity contribution in [1.82, 2.24) is 4.98 Å². The molecule has 2 atom stereocenters. The van der Waals surface area contributed by atoms with Gasteiger partial charge in [0.2, 0.25) is 0 Å². The summed E-state index contributed by atoms with van der Waals surface area (Å²) in [6.07, 6.45) is 0.362. The quantitative estimate of drug-likeness (QED) is 0.726. The predicted molar refractivity (Wildman–Crippen MR) is 71.2 cm³/mol. The third-order valence-corrected chi connectivity index (χ3v) is 3.00. The number of hydrogen-bond donors (Lipinski definition) is 3. The zero-order valence-corrected chi connectivity index (χ0v) is 10.2. The van der Waals surface area contributed by atoms with Crippen molar-refractivity contribution < 1.29 is 10.2 Å². The molecule has 1 aromatic heterocycles. The van der Waals surface area contributed by atoms with E-state index in [1.54, 1.807) is 6.20 Å². The van der Waals surface area contributed by atoms with E-state index in [0.717, 1.165) is 10.9 Å². The highest BCUT2D eigenvalue weighted by Crippen LogP contribution is 2.22. The molecule has 0 aliphatic carbocycles. The molecule has 2 N–H and O–H groups in total. The van der Waals surface area contributed by atoms with Crippen molar-refractivity contribution in [2.24, 2.45) is 0 Å². The molecule has 90 valence electrons. The van der Waals surface area contributed by atoms with Gasteiger partial charge in [-0.1, -0.05) is 18.2 Å². The number of thiol groups is 1. The van der Waals surface area contributed by atoms with Gasteiger partial charge >= 0.3 is 0 Å². The van der Waals surface area contributed by atoms with Crippen LogP contribution in [0.25, 0.3) is 10.9 Å². The van der Waals surface area contributed by atoms with E-state index < -0.39 is 12.2 Å². The van der Waals surface area contributed by atoms with Gasteiger partial charge in [0.15, 0.2) is 0 Å². The van der Waals surface area contributed by atoms with Gasteiger partial charge in [-0.15, -0.1) is 0 Å². The van der Waals surface area contributed by atoms with Crippen LogP contribution in [0.15, 0.2) is 36.5 Å². The predicted octanol–water partition coefficient (Wildman–Crippen LogP) is 1.95. The fraction of sp³-hybridized carbons (Fsp3) is 0.308. The average Bonchev–Trinajstić information content (AvgIpc) is 2.37. The lowest BCUT2D eigenvalue weighted by Gasteiger charge is -2.17. The minimum atomic E-state index is -0.903. The Balaban J connectivity index is 2.29. The molecule has 0 aliphatic heterocycles. The third kappa shape index (κ3) is 2.77. The second-order valence-corrected chi connectivity index (χ2v) is 4.43. The summed E-state index contributed by atoms with van der Waals surface area (Å²) in [5, 5.41) is 20.6. The molecule has 17 heavy (non-hydrogen) atoms. The maximum absolute atomic E-state index is 9.96. The van der Waals surface area contributed by atoms with E-state index in [0.29, 0.717) is 17.7 Å². The Kier molecular flexibility index (Phi) is 3.99. The van der Waals surface area contributed by atoms with Crippen molar-refractivity contribution in [2.45, 2.75) is 18.6 Å². The first-order chi connectivity index (χ1) is 8.22. The summed E-state index contributed by atoms with van der Waals surface area (Å²) in [5.74, 6) is 0.541. The summed E-state index contributed by atoms with van der Waals surface area (Å²) in [7, 11) is 0. The van der Waals surface area contributed by atoms with Crippen LogP contribution in [-0.2, 0) is 0 Å². The molecule has 2 aromatic rings. The number of nitrogens with zero attached hydrogens (tertiary/aromatic N) is 1. The maximum atomic E-state index is 9.96.